The Bertz CT molecular complexity index is 795. The van der Waals surface area contributed by atoms with Gasteiger partial charge in [-0.2, -0.15) is 10.4 Å². The molecule has 2 heterocycles. The summed E-state index contributed by atoms with van der Waals surface area (Å²) in [6.07, 6.45) is 1.85. The third kappa shape index (κ3) is 2.02. The molecule has 0 fully saturated rings. The van der Waals surface area contributed by atoms with E-state index in [0.717, 1.165) is 21.2 Å². The average molecular weight is 312 g/mol. The first kappa shape index (κ1) is 11.9. The first-order valence-electron chi connectivity index (χ1n) is 5.84. The van der Waals surface area contributed by atoms with Crippen LogP contribution in [0.4, 0.5) is 0 Å². The van der Waals surface area contributed by atoms with Crippen molar-refractivity contribution in [1.29, 1.82) is 5.26 Å². The van der Waals surface area contributed by atoms with Crippen LogP contribution in [0.15, 0.2) is 47.1 Å². The zero-order valence-corrected chi connectivity index (χ0v) is 11.8. The molecule has 0 bridgehead atoms. The van der Waals surface area contributed by atoms with Crippen molar-refractivity contribution in [3.05, 3.63) is 58.2 Å². The molecule has 0 unspecified atom stereocenters. The van der Waals surface area contributed by atoms with Crippen LogP contribution >= 0.6 is 15.9 Å². The summed E-state index contributed by atoms with van der Waals surface area (Å²) in [4.78, 5) is 0. The lowest BCUT2D eigenvalue weighted by Gasteiger charge is -1.97. The fourth-order valence-corrected chi connectivity index (χ4v) is 2.38. The Balaban J connectivity index is 2.29. The van der Waals surface area contributed by atoms with Gasteiger partial charge in [-0.25, -0.2) is 4.52 Å². The predicted octanol–water partition coefficient (Wildman–Crippen LogP) is 3.94. The molecule has 19 heavy (non-hydrogen) atoms. The number of hydrogen-bond donors (Lipinski definition) is 0. The van der Waals surface area contributed by atoms with Crippen LogP contribution in [0.3, 0.4) is 0 Å². The molecule has 0 spiro atoms. The van der Waals surface area contributed by atoms with Gasteiger partial charge in [0.15, 0.2) is 0 Å². The highest BCUT2D eigenvalue weighted by Gasteiger charge is 2.14. The first-order valence-corrected chi connectivity index (χ1v) is 6.63. The van der Waals surface area contributed by atoms with Crippen LogP contribution < -0.4 is 0 Å². The Morgan fingerprint density at radius 2 is 1.95 bits per heavy atom. The van der Waals surface area contributed by atoms with E-state index in [1.165, 1.54) is 5.56 Å². The van der Waals surface area contributed by atoms with E-state index in [1.807, 2.05) is 49.5 Å². The number of pyridine rings is 1. The van der Waals surface area contributed by atoms with Gasteiger partial charge in [-0.05, 0) is 19.1 Å². The number of aryl methyl sites for hydroxylation is 1. The van der Waals surface area contributed by atoms with E-state index in [-0.39, 0.29) is 0 Å². The molecule has 0 aliphatic heterocycles. The van der Waals surface area contributed by atoms with Crippen molar-refractivity contribution in [3.63, 3.8) is 0 Å². The Hall–Kier alpha value is -2.12. The minimum Gasteiger partial charge on any atom is -0.239 e. The molecule has 0 saturated carbocycles. The second-order valence-corrected chi connectivity index (χ2v) is 5.29. The van der Waals surface area contributed by atoms with E-state index >= 15 is 0 Å². The second kappa shape index (κ2) is 4.52. The van der Waals surface area contributed by atoms with Crippen molar-refractivity contribution in [3.8, 4) is 17.3 Å². The summed E-state index contributed by atoms with van der Waals surface area (Å²) in [6, 6.07) is 14.1. The summed E-state index contributed by atoms with van der Waals surface area (Å²) < 4.78 is 2.67. The Morgan fingerprint density at radius 1 is 1.21 bits per heavy atom. The summed E-state index contributed by atoms with van der Waals surface area (Å²) in [5.41, 5.74) is 4.29. The summed E-state index contributed by atoms with van der Waals surface area (Å²) in [7, 11) is 0. The van der Waals surface area contributed by atoms with Crippen LogP contribution in [0.25, 0.3) is 16.8 Å². The first-order chi connectivity index (χ1) is 9.19. The fraction of sp³-hybridized carbons (Fsp3) is 0.0667. The van der Waals surface area contributed by atoms with Gasteiger partial charge in [0.05, 0.1) is 5.52 Å². The second-order valence-electron chi connectivity index (χ2n) is 4.38. The normalized spacial score (nSPS) is 10.6. The lowest BCUT2D eigenvalue weighted by Crippen LogP contribution is -1.85. The topological polar surface area (TPSA) is 41.1 Å². The van der Waals surface area contributed by atoms with Gasteiger partial charge in [0, 0.05) is 16.2 Å². The number of halogens is 1. The van der Waals surface area contributed by atoms with Crippen molar-refractivity contribution in [2.24, 2.45) is 0 Å². The Labute approximate surface area is 119 Å². The molecule has 0 aliphatic carbocycles. The molecular formula is C15H10BrN3. The van der Waals surface area contributed by atoms with E-state index in [0.29, 0.717) is 5.56 Å². The van der Waals surface area contributed by atoms with E-state index in [4.69, 9.17) is 0 Å². The molecule has 0 atom stereocenters. The van der Waals surface area contributed by atoms with Gasteiger partial charge >= 0.3 is 0 Å². The molecule has 2 aromatic heterocycles. The third-order valence-corrected chi connectivity index (χ3v) is 3.53. The van der Waals surface area contributed by atoms with Gasteiger partial charge < -0.3 is 0 Å². The molecule has 0 radical (unpaired) electrons. The molecular weight excluding hydrogens is 302 g/mol. The molecule has 0 N–H and O–H groups in total. The molecule has 3 aromatic rings. The predicted molar refractivity (Wildman–Crippen MR) is 77.8 cm³/mol. The van der Waals surface area contributed by atoms with Gasteiger partial charge in [-0.1, -0.05) is 45.8 Å². The SMILES string of the molecule is Cc1ccc(-c2nn3ccc(Br)cc3c2C#N)cc1. The van der Waals surface area contributed by atoms with Crippen LogP contribution in [-0.4, -0.2) is 9.61 Å². The van der Waals surface area contributed by atoms with Crippen LogP contribution in [0.1, 0.15) is 11.1 Å². The number of aromatic nitrogens is 2. The maximum Gasteiger partial charge on any atom is 0.111 e. The van der Waals surface area contributed by atoms with E-state index in [9.17, 15) is 5.26 Å². The zero-order chi connectivity index (χ0) is 13.4. The lowest BCUT2D eigenvalue weighted by atomic mass is 10.1. The summed E-state index contributed by atoms with van der Waals surface area (Å²) in [6.45, 7) is 2.04. The number of hydrogen-bond acceptors (Lipinski definition) is 2. The number of fused-ring (bicyclic) bond motifs is 1. The number of benzene rings is 1. The van der Waals surface area contributed by atoms with Crippen LogP contribution in [-0.2, 0) is 0 Å². The smallest absolute Gasteiger partial charge is 0.111 e. The summed E-state index contributed by atoms with van der Waals surface area (Å²) in [5.74, 6) is 0. The monoisotopic (exact) mass is 311 g/mol. The van der Waals surface area contributed by atoms with Crippen molar-refractivity contribution in [1.82, 2.24) is 9.61 Å². The molecule has 1 aromatic carbocycles. The standard InChI is InChI=1S/C15H10BrN3/c1-10-2-4-11(5-3-10)15-13(9-17)14-8-12(16)6-7-19(14)18-15/h2-8H,1H3. The van der Waals surface area contributed by atoms with Crippen molar-refractivity contribution in [2.75, 3.05) is 0 Å². The van der Waals surface area contributed by atoms with Gasteiger partial charge in [0.1, 0.15) is 17.3 Å². The van der Waals surface area contributed by atoms with Crippen molar-refractivity contribution >= 4 is 21.4 Å². The highest BCUT2D eigenvalue weighted by atomic mass is 79.9. The summed E-state index contributed by atoms with van der Waals surface area (Å²) in [5, 5.41) is 13.9. The third-order valence-electron chi connectivity index (χ3n) is 3.03. The van der Waals surface area contributed by atoms with E-state index in [2.05, 4.69) is 27.1 Å². The van der Waals surface area contributed by atoms with Crippen LogP contribution in [0, 0.1) is 18.3 Å². The van der Waals surface area contributed by atoms with Crippen LogP contribution in [0.5, 0.6) is 0 Å². The quantitative estimate of drug-likeness (QED) is 0.683. The zero-order valence-electron chi connectivity index (χ0n) is 10.3. The maximum absolute atomic E-state index is 9.39. The van der Waals surface area contributed by atoms with E-state index < -0.39 is 0 Å². The Morgan fingerprint density at radius 3 is 2.63 bits per heavy atom. The summed E-state index contributed by atoms with van der Waals surface area (Å²) >= 11 is 3.42. The van der Waals surface area contributed by atoms with E-state index in [1.54, 1.807) is 4.52 Å². The molecule has 0 amide bonds. The van der Waals surface area contributed by atoms with Gasteiger partial charge in [0.2, 0.25) is 0 Å². The number of rotatable bonds is 1. The van der Waals surface area contributed by atoms with Gasteiger partial charge in [-0.3, -0.25) is 0 Å². The van der Waals surface area contributed by atoms with Crippen LogP contribution in [0.2, 0.25) is 0 Å². The van der Waals surface area contributed by atoms with Gasteiger partial charge in [0.25, 0.3) is 0 Å². The van der Waals surface area contributed by atoms with Crippen molar-refractivity contribution < 1.29 is 0 Å². The van der Waals surface area contributed by atoms with Gasteiger partial charge in [-0.15, -0.1) is 0 Å². The molecule has 92 valence electrons. The highest BCUT2D eigenvalue weighted by molar-refractivity contribution is 9.10. The Kier molecular flexibility index (Phi) is 2.84. The molecule has 4 heteroatoms. The highest BCUT2D eigenvalue weighted by Crippen LogP contribution is 2.27. The molecule has 3 rings (SSSR count). The average Bonchev–Trinajstić information content (AvgIpc) is 2.77. The minimum atomic E-state index is 0.602. The van der Waals surface area contributed by atoms with Crippen molar-refractivity contribution in [2.45, 2.75) is 6.92 Å². The molecule has 3 nitrogen and oxygen atoms in total. The number of nitrogens with zero attached hydrogens (tertiary/aromatic N) is 3. The maximum atomic E-state index is 9.39. The number of nitriles is 1. The largest absolute Gasteiger partial charge is 0.239 e. The molecule has 0 aliphatic rings. The minimum absolute atomic E-state index is 0.602. The lowest BCUT2D eigenvalue weighted by molar-refractivity contribution is 0.964. The fourth-order valence-electron chi connectivity index (χ4n) is 2.04. The molecule has 0 saturated heterocycles.